The number of hydrazine groups is 1. The molecule has 0 aliphatic carbocycles. The van der Waals surface area contributed by atoms with Crippen molar-refractivity contribution in [3.05, 3.63) is 99.3 Å². The van der Waals surface area contributed by atoms with Crippen LogP contribution in [0.25, 0.3) is 0 Å². The molecule has 1 amide bonds. The number of benzene rings is 3. The fourth-order valence-electron chi connectivity index (χ4n) is 3.69. The van der Waals surface area contributed by atoms with Gasteiger partial charge in [0.15, 0.2) is 11.6 Å². The second kappa shape index (κ2) is 11.7. The predicted molar refractivity (Wildman–Crippen MR) is 149 cm³/mol. The standard InChI is InChI=1S/C27H23Cl2N7O2/c1-15-11-20(21(13-30)16-3-7-18(28)8-4-16)22(29)12-23(15)34-25-24(31)26(33-14-32-25)35-36-27(37)17-5-9-19(38-2)10-6-17/h3-12,14,21H,31H2,1-2H3,(H,36,37)(H2,32,33,34,35). The summed E-state index contributed by atoms with van der Waals surface area (Å²) in [4.78, 5) is 20.8. The summed E-state index contributed by atoms with van der Waals surface area (Å²) in [6.45, 7) is 1.88. The summed E-state index contributed by atoms with van der Waals surface area (Å²) in [5.41, 5.74) is 15.1. The number of nitriles is 1. The van der Waals surface area contributed by atoms with Gasteiger partial charge in [0.2, 0.25) is 0 Å². The molecule has 192 valence electrons. The second-order valence-electron chi connectivity index (χ2n) is 8.22. The van der Waals surface area contributed by atoms with Crippen LogP contribution in [-0.4, -0.2) is 23.0 Å². The van der Waals surface area contributed by atoms with Crippen LogP contribution in [0, 0.1) is 18.3 Å². The largest absolute Gasteiger partial charge is 0.497 e. The Balaban J connectivity index is 1.51. The Hall–Kier alpha value is -4.52. The van der Waals surface area contributed by atoms with Crippen molar-refractivity contribution in [2.24, 2.45) is 0 Å². The van der Waals surface area contributed by atoms with Crippen molar-refractivity contribution in [2.75, 3.05) is 23.6 Å². The first-order valence-corrected chi connectivity index (χ1v) is 12.1. The van der Waals surface area contributed by atoms with Crippen LogP contribution in [0.2, 0.25) is 10.0 Å². The zero-order chi connectivity index (χ0) is 27.2. The van der Waals surface area contributed by atoms with Gasteiger partial charge in [0, 0.05) is 21.3 Å². The summed E-state index contributed by atoms with van der Waals surface area (Å²) in [6.07, 6.45) is 1.30. The minimum Gasteiger partial charge on any atom is -0.497 e. The van der Waals surface area contributed by atoms with E-state index in [4.69, 9.17) is 33.7 Å². The molecular weight excluding hydrogens is 525 g/mol. The first kappa shape index (κ1) is 26.5. The van der Waals surface area contributed by atoms with Crippen LogP contribution in [0.4, 0.5) is 23.0 Å². The molecule has 0 fully saturated rings. The Kier molecular flexibility index (Phi) is 8.16. The van der Waals surface area contributed by atoms with Crippen molar-refractivity contribution < 1.29 is 9.53 Å². The molecule has 1 aromatic heterocycles. The number of hydrogen-bond acceptors (Lipinski definition) is 8. The Morgan fingerprint density at radius 1 is 1.05 bits per heavy atom. The molecule has 4 aromatic rings. The molecule has 1 unspecified atom stereocenters. The molecule has 0 aliphatic heterocycles. The SMILES string of the molecule is COc1ccc(C(=O)NNc2ncnc(Nc3cc(Cl)c(C(C#N)c4ccc(Cl)cc4)cc3C)c2N)cc1. The van der Waals surface area contributed by atoms with E-state index in [1.807, 2.05) is 13.0 Å². The third-order valence-corrected chi connectivity index (χ3v) is 6.35. The van der Waals surface area contributed by atoms with Crippen molar-refractivity contribution >= 4 is 52.1 Å². The summed E-state index contributed by atoms with van der Waals surface area (Å²) in [5.74, 6) is 0.203. The van der Waals surface area contributed by atoms with Crippen molar-refractivity contribution in [3.8, 4) is 11.8 Å². The number of methoxy groups -OCH3 is 1. The monoisotopic (exact) mass is 547 g/mol. The lowest BCUT2D eigenvalue weighted by Crippen LogP contribution is -2.30. The quantitative estimate of drug-likeness (QED) is 0.202. The van der Waals surface area contributed by atoms with E-state index in [0.29, 0.717) is 38.4 Å². The number of rotatable bonds is 8. The predicted octanol–water partition coefficient (Wildman–Crippen LogP) is 5.84. The molecule has 1 heterocycles. The van der Waals surface area contributed by atoms with Crippen LogP contribution in [0.3, 0.4) is 0 Å². The molecule has 0 aliphatic rings. The number of nitrogens with two attached hydrogens (primary N) is 1. The number of carbonyl (C=O) groups is 1. The number of aryl methyl sites for hydroxylation is 1. The highest BCUT2D eigenvalue weighted by Gasteiger charge is 2.19. The summed E-state index contributed by atoms with van der Waals surface area (Å²) in [7, 11) is 1.55. The second-order valence-corrected chi connectivity index (χ2v) is 9.06. The first-order chi connectivity index (χ1) is 18.3. The van der Waals surface area contributed by atoms with Gasteiger partial charge in [-0.2, -0.15) is 5.26 Å². The minimum atomic E-state index is -0.568. The Morgan fingerprint density at radius 2 is 1.74 bits per heavy atom. The number of hydrogen-bond donors (Lipinski definition) is 4. The molecule has 9 nitrogen and oxygen atoms in total. The summed E-state index contributed by atoms with van der Waals surface area (Å²) in [6, 6.07) is 19.6. The van der Waals surface area contributed by atoms with Gasteiger partial charge in [-0.05, 0) is 66.1 Å². The van der Waals surface area contributed by atoms with Crippen molar-refractivity contribution in [3.63, 3.8) is 0 Å². The van der Waals surface area contributed by atoms with Gasteiger partial charge in [0.1, 0.15) is 17.8 Å². The molecule has 0 saturated carbocycles. The number of halogens is 2. The molecular formula is C27H23Cl2N7O2. The van der Waals surface area contributed by atoms with E-state index in [1.54, 1.807) is 61.7 Å². The minimum absolute atomic E-state index is 0.179. The van der Waals surface area contributed by atoms with E-state index in [-0.39, 0.29) is 17.4 Å². The van der Waals surface area contributed by atoms with Crippen LogP contribution in [0.15, 0.2) is 67.0 Å². The van der Waals surface area contributed by atoms with Crippen LogP contribution >= 0.6 is 23.2 Å². The topological polar surface area (TPSA) is 138 Å². The molecule has 0 bridgehead atoms. The van der Waals surface area contributed by atoms with Crippen LogP contribution in [0.1, 0.15) is 33.0 Å². The van der Waals surface area contributed by atoms with Gasteiger partial charge in [0.25, 0.3) is 5.91 Å². The number of nitrogen functional groups attached to an aromatic ring is 1. The lowest BCUT2D eigenvalue weighted by atomic mass is 9.91. The van der Waals surface area contributed by atoms with Gasteiger partial charge >= 0.3 is 0 Å². The summed E-state index contributed by atoms with van der Waals surface area (Å²) < 4.78 is 5.10. The smallest absolute Gasteiger partial charge is 0.269 e. The molecule has 0 spiro atoms. The molecule has 1 atom stereocenters. The number of carbonyl (C=O) groups excluding carboxylic acids is 1. The number of nitrogens with zero attached hydrogens (tertiary/aromatic N) is 3. The third-order valence-electron chi connectivity index (χ3n) is 5.77. The third kappa shape index (κ3) is 5.89. The van der Waals surface area contributed by atoms with Gasteiger partial charge in [-0.3, -0.25) is 15.6 Å². The van der Waals surface area contributed by atoms with Gasteiger partial charge in [-0.1, -0.05) is 41.4 Å². The van der Waals surface area contributed by atoms with E-state index in [2.05, 4.69) is 32.2 Å². The first-order valence-electron chi connectivity index (χ1n) is 11.3. The lowest BCUT2D eigenvalue weighted by Gasteiger charge is -2.17. The average Bonchev–Trinajstić information content (AvgIpc) is 2.93. The number of nitrogens with one attached hydrogen (secondary N) is 3. The molecule has 3 aromatic carbocycles. The van der Waals surface area contributed by atoms with E-state index < -0.39 is 5.92 Å². The maximum atomic E-state index is 12.5. The number of anilines is 4. The Labute approximate surface area is 229 Å². The van der Waals surface area contributed by atoms with Gasteiger partial charge < -0.3 is 15.8 Å². The molecule has 38 heavy (non-hydrogen) atoms. The van der Waals surface area contributed by atoms with Gasteiger partial charge in [-0.25, -0.2) is 9.97 Å². The van der Waals surface area contributed by atoms with Gasteiger partial charge in [0.05, 0.1) is 19.1 Å². The fourth-order valence-corrected chi connectivity index (χ4v) is 4.09. The maximum Gasteiger partial charge on any atom is 0.269 e. The molecule has 4 rings (SSSR count). The zero-order valence-corrected chi connectivity index (χ0v) is 21.9. The van der Waals surface area contributed by atoms with Crippen molar-refractivity contribution in [1.82, 2.24) is 15.4 Å². The zero-order valence-electron chi connectivity index (χ0n) is 20.4. The highest BCUT2D eigenvalue weighted by molar-refractivity contribution is 6.32. The van der Waals surface area contributed by atoms with Crippen LogP contribution < -0.4 is 26.6 Å². The maximum absolute atomic E-state index is 12.5. The average molecular weight is 548 g/mol. The number of amides is 1. The fraction of sp³-hybridized carbons (Fsp3) is 0.111. The summed E-state index contributed by atoms with van der Waals surface area (Å²) >= 11 is 12.6. The molecule has 5 N–H and O–H groups in total. The van der Waals surface area contributed by atoms with E-state index in [9.17, 15) is 10.1 Å². The molecule has 0 saturated heterocycles. The number of aromatic nitrogens is 2. The Bertz CT molecular complexity index is 1500. The van der Waals surface area contributed by atoms with E-state index in [1.165, 1.54) is 6.33 Å². The van der Waals surface area contributed by atoms with Crippen molar-refractivity contribution in [2.45, 2.75) is 12.8 Å². The van der Waals surface area contributed by atoms with E-state index in [0.717, 1.165) is 11.1 Å². The van der Waals surface area contributed by atoms with E-state index >= 15 is 0 Å². The summed E-state index contributed by atoms with van der Waals surface area (Å²) in [5, 5.41) is 14.0. The van der Waals surface area contributed by atoms with Crippen LogP contribution in [0.5, 0.6) is 5.75 Å². The van der Waals surface area contributed by atoms with Crippen LogP contribution in [-0.2, 0) is 0 Å². The normalized spacial score (nSPS) is 11.2. The lowest BCUT2D eigenvalue weighted by molar-refractivity contribution is 0.0962. The molecule has 0 radical (unpaired) electrons. The number of ether oxygens (including phenoxy) is 1. The highest BCUT2D eigenvalue weighted by Crippen LogP contribution is 2.36. The van der Waals surface area contributed by atoms with Gasteiger partial charge in [-0.15, -0.1) is 0 Å². The Morgan fingerprint density at radius 3 is 2.39 bits per heavy atom. The molecule has 11 heteroatoms. The van der Waals surface area contributed by atoms with Crippen molar-refractivity contribution in [1.29, 1.82) is 5.26 Å². The highest BCUT2D eigenvalue weighted by atomic mass is 35.5.